The highest BCUT2D eigenvalue weighted by Crippen LogP contribution is 2.25. The SMILES string of the molecule is Cc1cc(C(=O)NCC2CCCOC2)cc(C)c1OCC(=O)O. The quantitative estimate of drug-likeness (QED) is 0.836. The molecule has 1 saturated heterocycles. The van der Waals surface area contributed by atoms with Crippen molar-refractivity contribution in [2.24, 2.45) is 5.92 Å². The zero-order chi connectivity index (χ0) is 16.8. The van der Waals surface area contributed by atoms with Crippen molar-refractivity contribution in [1.29, 1.82) is 0 Å². The van der Waals surface area contributed by atoms with Gasteiger partial charge in [-0.2, -0.15) is 0 Å². The van der Waals surface area contributed by atoms with E-state index in [-0.39, 0.29) is 5.91 Å². The molecule has 1 aliphatic heterocycles. The monoisotopic (exact) mass is 321 g/mol. The predicted octanol–water partition coefficient (Wildman–Crippen LogP) is 1.92. The molecule has 1 atom stereocenters. The van der Waals surface area contributed by atoms with E-state index in [4.69, 9.17) is 14.6 Å². The van der Waals surface area contributed by atoms with Crippen LogP contribution >= 0.6 is 0 Å². The third kappa shape index (κ3) is 4.96. The number of aliphatic carboxylic acids is 1. The molecule has 2 rings (SSSR count). The summed E-state index contributed by atoms with van der Waals surface area (Å²) in [5, 5.41) is 11.6. The summed E-state index contributed by atoms with van der Waals surface area (Å²) in [6.07, 6.45) is 2.11. The largest absolute Gasteiger partial charge is 0.481 e. The fourth-order valence-corrected chi connectivity index (χ4v) is 2.75. The summed E-state index contributed by atoms with van der Waals surface area (Å²) in [7, 11) is 0. The molecule has 2 N–H and O–H groups in total. The molecule has 0 spiro atoms. The second kappa shape index (κ2) is 7.97. The third-order valence-corrected chi connectivity index (χ3v) is 3.87. The number of benzene rings is 1. The molecule has 0 bridgehead atoms. The molecular weight excluding hydrogens is 298 g/mol. The number of carbonyl (C=O) groups is 2. The number of nitrogens with one attached hydrogen (secondary N) is 1. The molecule has 6 heteroatoms. The molecule has 1 aromatic carbocycles. The van der Waals surface area contributed by atoms with Gasteiger partial charge in [0, 0.05) is 18.7 Å². The van der Waals surface area contributed by atoms with Crippen molar-refractivity contribution in [3.8, 4) is 5.75 Å². The molecule has 0 radical (unpaired) electrons. The molecule has 0 aliphatic carbocycles. The third-order valence-electron chi connectivity index (χ3n) is 3.87. The standard InChI is InChI=1S/C17H23NO5/c1-11-6-14(7-12(2)16(11)23-10-15(19)20)17(21)18-8-13-4-3-5-22-9-13/h6-7,13H,3-5,8-10H2,1-2H3,(H,18,21)(H,19,20). The van der Waals surface area contributed by atoms with E-state index in [1.807, 2.05) is 0 Å². The normalized spacial score (nSPS) is 17.6. The van der Waals surface area contributed by atoms with Gasteiger partial charge in [0.25, 0.3) is 5.91 Å². The van der Waals surface area contributed by atoms with Gasteiger partial charge in [-0.15, -0.1) is 0 Å². The van der Waals surface area contributed by atoms with Gasteiger partial charge in [0.15, 0.2) is 6.61 Å². The van der Waals surface area contributed by atoms with Gasteiger partial charge in [-0.05, 0) is 55.9 Å². The Bertz CT molecular complexity index is 555. The average Bonchev–Trinajstić information content (AvgIpc) is 2.52. The lowest BCUT2D eigenvalue weighted by atomic mass is 10.0. The number of carbonyl (C=O) groups excluding carboxylic acids is 1. The summed E-state index contributed by atoms with van der Waals surface area (Å²) < 4.78 is 10.7. The Balaban J connectivity index is 1.98. The predicted molar refractivity (Wildman–Crippen MR) is 84.9 cm³/mol. The van der Waals surface area contributed by atoms with Gasteiger partial charge < -0.3 is 19.9 Å². The number of carboxylic acids is 1. The highest BCUT2D eigenvalue weighted by Gasteiger charge is 2.17. The van der Waals surface area contributed by atoms with Crippen molar-refractivity contribution < 1.29 is 24.2 Å². The maximum atomic E-state index is 12.3. The van der Waals surface area contributed by atoms with E-state index >= 15 is 0 Å². The van der Waals surface area contributed by atoms with Crippen LogP contribution in [0.3, 0.4) is 0 Å². The zero-order valence-electron chi connectivity index (χ0n) is 13.6. The van der Waals surface area contributed by atoms with Gasteiger partial charge in [0.1, 0.15) is 5.75 Å². The highest BCUT2D eigenvalue weighted by atomic mass is 16.5. The molecule has 6 nitrogen and oxygen atoms in total. The van der Waals surface area contributed by atoms with Crippen LogP contribution in [0.4, 0.5) is 0 Å². The summed E-state index contributed by atoms with van der Waals surface area (Å²) in [5.41, 5.74) is 2.05. The minimum absolute atomic E-state index is 0.133. The van der Waals surface area contributed by atoms with Crippen LogP contribution in [0.2, 0.25) is 0 Å². The minimum Gasteiger partial charge on any atom is -0.481 e. The van der Waals surface area contributed by atoms with Crippen LogP contribution in [0.5, 0.6) is 5.75 Å². The van der Waals surface area contributed by atoms with E-state index in [2.05, 4.69) is 5.32 Å². The molecule has 1 aromatic rings. The van der Waals surface area contributed by atoms with E-state index in [0.29, 0.717) is 30.4 Å². The van der Waals surface area contributed by atoms with Gasteiger partial charge in [-0.3, -0.25) is 4.79 Å². The number of carboxylic acid groups (broad SMARTS) is 1. The van der Waals surface area contributed by atoms with Crippen LogP contribution in [-0.4, -0.2) is 43.3 Å². The Kier molecular flexibility index (Phi) is 5.98. The number of hydrogen-bond acceptors (Lipinski definition) is 4. The molecule has 0 saturated carbocycles. The highest BCUT2D eigenvalue weighted by molar-refractivity contribution is 5.94. The van der Waals surface area contributed by atoms with Gasteiger partial charge in [-0.1, -0.05) is 0 Å². The number of aryl methyl sites for hydroxylation is 2. The second-order valence-corrected chi connectivity index (χ2v) is 5.91. The molecule has 126 valence electrons. The summed E-state index contributed by atoms with van der Waals surface area (Å²) in [6.45, 7) is 5.32. The number of ether oxygens (including phenoxy) is 2. The zero-order valence-corrected chi connectivity index (χ0v) is 13.6. The lowest BCUT2D eigenvalue weighted by molar-refractivity contribution is -0.139. The van der Waals surface area contributed by atoms with Gasteiger partial charge in [0.05, 0.1) is 6.61 Å². The maximum Gasteiger partial charge on any atom is 0.341 e. The Morgan fingerprint density at radius 2 is 2.04 bits per heavy atom. The lowest BCUT2D eigenvalue weighted by Gasteiger charge is -2.22. The van der Waals surface area contributed by atoms with Crippen molar-refractivity contribution in [2.45, 2.75) is 26.7 Å². The molecule has 1 aliphatic rings. The molecule has 1 amide bonds. The van der Waals surface area contributed by atoms with Crippen LogP contribution in [0.1, 0.15) is 34.3 Å². The Hall–Kier alpha value is -2.08. The fourth-order valence-electron chi connectivity index (χ4n) is 2.75. The summed E-state index contributed by atoms with van der Waals surface area (Å²) in [5.74, 6) is -0.274. The first-order valence-electron chi connectivity index (χ1n) is 7.79. The molecule has 1 unspecified atom stereocenters. The van der Waals surface area contributed by atoms with E-state index in [1.165, 1.54) is 0 Å². The Morgan fingerprint density at radius 3 is 2.61 bits per heavy atom. The van der Waals surface area contributed by atoms with E-state index in [0.717, 1.165) is 30.6 Å². The van der Waals surface area contributed by atoms with Crippen molar-refractivity contribution >= 4 is 11.9 Å². The van der Waals surface area contributed by atoms with Crippen LogP contribution in [0.15, 0.2) is 12.1 Å². The first-order valence-corrected chi connectivity index (χ1v) is 7.79. The molecule has 1 fully saturated rings. The second-order valence-electron chi connectivity index (χ2n) is 5.91. The summed E-state index contributed by atoms with van der Waals surface area (Å²) >= 11 is 0. The van der Waals surface area contributed by atoms with E-state index in [9.17, 15) is 9.59 Å². The number of rotatable bonds is 6. The first kappa shape index (κ1) is 17.3. The number of hydrogen-bond donors (Lipinski definition) is 2. The van der Waals surface area contributed by atoms with E-state index < -0.39 is 12.6 Å². The van der Waals surface area contributed by atoms with Crippen molar-refractivity contribution in [3.63, 3.8) is 0 Å². The lowest BCUT2D eigenvalue weighted by Crippen LogP contribution is -2.33. The Morgan fingerprint density at radius 1 is 1.35 bits per heavy atom. The molecular formula is C17H23NO5. The summed E-state index contributed by atoms with van der Waals surface area (Å²) in [6, 6.07) is 3.44. The molecule has 0 aromatic heterocycles. The minimum atomic E-state index is -1.03. The maximum absolute atomic E-state index is 12.3. The van der Waals surface area contributed by atoms with Crippen molar-refractivity contribution in [2.75, 3.05) is 26.4 Å². The van der Waals surface area contributed by atoms with Gasteiger partial charge >= 0.3 is 5.97 Å². The van der Waals surface area contributed by atoms with Gasteiger partial charge in [0.2, 0.25) is 0 Å². The topological polar surface area (TPSA) is 84.9 Å². The van der Waals surface area contributed by atoms with Crippen LogP contribution in [0.25, 0.3) is 0 Å². The van der Waals surface area contributed by atoms with Gasteiger partial charge in [-0.25, -0.2) is 4.79 Å². The molecule has 23 heavy (non-hydrogen) atoms. The van der Waals surface area contributed by atoms with Crippen molar-refractivity contribution in [1.82, 2.24) is 5.32 Å². The van der Waals surface area contributed by atoms with Crippen LogP contribution in [-0.2, 0) is 9.53 Å². The Labute approximate surface area is 135 Å². The fraction of sp³-hybridized carbons (Fsp3) is 0.529. The van der Waals surface area contributed by atoms with Crippen molar-refractivity contribution in [3.05, 3.63) is 28.8 Å². The smallest absolute Gasteiger partial charge is 0.341 e. The van der Waals surface area contributed by atoms with Crippen LogP contribution in [0, 0.1) is 19.8 Å². The average molecular weight is 321 g/mol. The van der Waals surface area contributed by atoms with Crippen LogP contribution < -0.4 is 10.1 Å². The first-order chi connectivity index (χ1) is 11.0. The summed E-state index contributed by atoms with van der Waals surface area (Å²) in [4.78, 5) is 22.9. The van der Waals surface area contributed by atoms with E-state index in [1.54, 1.807) is 26.0 Å². The molecule has 1 heterocycles. The number of amides is 1.